The van der Waals surface area contributed by atoms with Crippen LogP contribution >= 0.6 is 11.6 Å². The smallest absolute Gasteiger partial charge is 0.287 e. The predicted octanol–water partition coefficient (Wildman–Crippen LogP) is 0.890. The molecule has 1 aliphatic carbocycles. The highest BCUT2D eigenvalue weighted by Gasteiger charge is 2.25. The van der Waals surface area contributed by atoms with Crippen molar-refractivity contribution in [1.29, 1.82) is 0 Å². The summed E-state index contributed by atoms with van der Waals surface area (Å²) in [4.78, 5) is 22.7. The number of carbonyl (C=O) groups is 1. The standard InChI is InChI=1S/C12H17ClN4O2/c1-17-12(19)10(13)9(6-15-17)16-8-4-2-7(3-5-8)11(14)18/h6-8,16H,2-5H2,1H3,(H2,14,18). The van der Waals surface area contributed by atoms with Crippen molar-refractivity contribution in [2.75, 3.05) is 5.32 Å². The summed E-state index contributed by atoms with van der Waals surface area (Å²) in [5, 5.41) is 7.30. The summed E-state index contributed by atoms with van der Waals surface area (Å²) >= 11 is 5.99. The maximum Gasteiger partial charge on any atom is 0.287 e. The van der Waals surface area contributed by atoms with Gasteiger partial charge in [-0.1, -0.05) is 11.6 Å². The van der Waals surface area contributed by atoms with Gasteiger partial charge in [-0.3, -0.25) is 9.59 Å². The van der Waals surface area contributed by atoms with Gasteiger partial charge in [0.05, 0.1) is 11.9 Å². The molecule has 0 aliphatic heterocycles. The Bertz CT molecular complexity index is 535. The van der Waals surface area contributed by atoms with Crippen LogP contribution in [0.25, 0.3) is 0 Å². The molecule has 1 aromatic heterocycles. The van der Waals surface area contributed by atoms with Crippen LogP contribution in [0.15, 0.2) is 11.0 Å². The Balaban J connectivity index is 2.02. The van der Waals surface area contributed by atoms with Crippen LogP contribution in [0, 0.1) is 5.92 Å². The molecule has 1 aliphatic rings. The monoisotopic (exact) mass is 284 g/mol. The molecule has 0 saturated heterocycles. The number of primary amides is 1. The number of anilines is 1. The Labute approximate surface area is 115 Å². The molecule has 0 spiro atoms. The topological polar surface area (TPSA) is 90.0 Å². The molecule has 0 radical (unpaired) electrons. The average molecular weight is 285 g/mol. The minimum atomic E-state index is -0.322. The van der Waals surface area contributed by atoms with Gasteiger partial charge in [0.2, 0.25) is 5.91 Å². The predicted molar refractivity (Wildman–Crippen MR) is 73.1 cm³/mol. The van der Waals surface area contributed by atoms with Gasteiger partial charge < -0.3 is 11.1 Å². The molecule has 2 rings (SSSR count). The first kappa shape index (κ1) is 13.9. The molecule has 19 heavy (non-hydrogen) atoms. The van der Waals surface area contributed by atoms with Crippen LogP contribution < -0.4 is 16.6 Å². The number of amides is 1. The summed E-state index contributed by atoms with van der Waals surface area (Å²) < 4.78 is 1.19. The lowest BCUT2D eigenvalue weighted by Gasteiger charge is -2.28. The Morgan fingerprint density at radius 2 is 2.11 bits per heavy atom. The lowest BCUT2D eigenvalue weighted by atomic mass is 9.85. The van der Waals surface area contributed by atoms with Crippen molar-refractivity contribution in [3.05, 3.63) is 21.6 Å². The lowest BCUT2D eigenvalue weighted by molar-refractivity contribution is -0.122. The summed E-state index contributed by atoms with van der Waals surface area (Å²) in [6.07, 6.45) is 4.74. The van der Waals surface area contributed by atoms with Crippen LogP contribution in [0.3, 0.4) is 0 Å². The second-order valence-electron chi connectivity index (χ2n) is 4.90. The number of aromatic nitrogens is 2. The average Bonchev–Trinajstić information content (AvgIpc) is 2.40. The van der Waals surface area contributed by atoms with E-state index in [0.29, 0.717) is 5.69 Å². The molecule has 0 unspecified atom stereocenters. The van der Waals surface area contributed by atoms with Crippen LogP contribution in [0.5, 0.6) is 0 Å². The maximum atomic E-state index is 11.6. The summed E-state index contributed by atoms with van der Waals surface area (Å²) in [5.41, 5.74) is 5.52. The van der Waals surface area contributed by atoms with E-state index in [-0.39, 0.29) is 28.4 Å². The third-order valence-corrected chi connectivity index (χ3v) is 3.93. The number of nitrogens with two attached hydrogens (primary N) is 1. The fraction of sp³-hybridized carbons (Fsp3) is 0.583. The number of aryl methyl sites for hydroxylation is 1. The maximum absolute atomic E-state index is 11.6. The molecule has 3 N–H and O–H groups in total. The van der Waals surface area contributed by atoms with Gasteiger partial charge >= 0.3 is 0 Å². The number of halogens is 1. The van der Waals surface area contributed by atoms with Crippen LogP contribution in [-0.2, 0) is 11.8 Å². The van der Waals surface area contributed by atoms with Gasteiger partial charge in [0.25, 0.3) is 5.56 Å². The number of nitrogens with zero attached hydrogens (tertiary/aromatic N) is 2. The largest absolute Gasteiger partial charge is 0.380 e. The van der Waals surface area contributed by atoms with E-state index >= 15 is 0 Å². The molecular formula is C12H17ClN4O2. The lowest BCUT2D eigenvalue weighted by Crippen LogP contribution is -2.33. The quantitative estimate of drug-likeness (QED) is 0.862. The Morgan fingerprint density at radius 1 is 1.47 bits per heavy atom. The first-order chi connectivity index (χ1) is 8.99. The van der Waals surface area contributed by atoms with Crippen molar-refractivity contribution in [3.63, 3.8) is 0 Å². The second kappa shape index (κ2) is 5.61. The third kappa shape index (κ3) is 3.07. The van der Waals surface area contributed by atoms with E-state index in [0.717, 1.165) is 25.7 Å². The zero-order valence-electron chi connectivity index (χ0n) is 10.7. The second-order valence-corrected chi connectivity index (χ2v) is 5.27. The Morgan fingerprint density at radius 3 is 2.68 bits per heavy atom. The van der Waals surface area contributed by atoms with E-state index in [4.69, 9.17) is 17.3 Å². The number of nitrogens with one attached hydrogen (secondary N) is 1. The van der Waals surface area contributed by atoms with Crippen molar-refractivity contribution >= 4 is 23.2 Å². The van der Waals surface area contributed by atoms with Crippen LogP contribution in [0.1, 0.15) is 25.7 Å². The molecule has 1 heterocycles. The van der Waals surface area contributed by atoms with Gasteiger partial charge in [-0.15, -0.1) is 0 Å². The number of hydrogen-bond donors (Lipinski definition) is 2. The van der Waals surface area contributed by atoms with Gasteiger partial charge in [-0.2, -0.15) is 5.10 Å². The van der Waals surface area contributed by atoms with E-state index in [1.54, 1.807) is 13.2 Å². The molecule has 104 valence electrons. The van der Waals surface area contributed by atoms with Crippen molar-refractivity contribution < 1.29 is 4.79 Å². The van der Waals surface area contributed by atoms with Crippen LogP contribution in [0.4, 0.5) is 5.69 Å². The summed E-state index contributed by atoms with van der Waals surface area (Å²) in [5.74, 6) is -0.262. The molecule has 1 fully saturated rings. The van der Waals surface area contributed by atoms with Crippen molar-refractivity contribution in [1.82, 2.24) is 9.78 Å². The zero-order valence-corrected chi connectivity index (χ0v) is 11.5. The van der Waals surface area contributed by atoms with Gasteiger partial charge in [0.1, 0.15) is 5.02 Å². The SMILES string of the molecule is Cn1ncc(NC2CCC(C(N)=O)CC2)c(Cl)c1=O. The van der Waals surface area contributed by atoms with E-state index in [9.17, 15) is 9.59 Å². The number of carbonyl (C=O) groups excluding carboxylic acids is 1. The molecule has 1 amide bonds. The van der Waals surface area contributed by atoms with Gasteiger partial charge in [-0.05, 0) is 25.7 Å². The molecule has 6 nitrogen and oxygen atoms in total. The molecule has 1 saturated carbocycles. The fourth-order valence-electron chi connectivity index (χ4n) is 2.35. The van der Waals surface area contributed by atoms with E-state index in [1.807, 2.05) is 0 Å². The molecule has 7 heteroatoms. The highest BCUT2D eigenvalue weighted by atomic mass is 35.5. The highest BCUT2D eigenvalue weighted by molar-refractivity contribution is 6.32. The first-order valence-electron chi connectivity index (χ1n) is 6.26. The molecule has 1 aromatic rings. The molecule has 0 atom stereocenters. The first-order valence-corrected chi connectivity index (χ1v) is 6.64. The molecule has 0 aromatic carbocycles. The third-order valence-electron chi connectivity index (χ3n) is 3.57. The molecular weight excluding hydrogens is 268 g/mol. The minimum Gasteiger partial charge on any atom is -0.380 e. The summed E-state index contributed by atoms with van der Waals surface area (Å²) in [7, 11) is 1.55. The highest BCUT2D eigenvalue weighted by Crippen LogP contribution is 2.27. The number of hydrogen-bond acceptors (Lipinski definition) is 4. The van der Waals surface area contributed by atoms with E-state index < -0.39 is 0 Å². The Hall–Kier alpha value is -1.56. The van der Waals surface area contributed by atoms with Crippen molar-refractivity contribution in [2.24, 2.45) is 18.7 Å². The van der Waals surface area contributed by atoms with Gasteiger partial charge in [0.15, 0.2) is 0 Å². The Kier molecular flexibility index (Phi) is 4.09. The minimum absolute atomic E-state index is 0.0321. The van der Waals surface area contributed by atoms with E-state index in [2.05, 4.69) is 10.4 Å². The normalized spacial score (nSPS) is 23.1. The molecule has 0 bridgehead atoms. The van der Waals surface area contributed by atoms with Crippen molar-refractivity contribution in [2.45, 2.75) is 31.7 Å². The number of rotatable bonds is 3. The summed E-state index contributed by atoms with van der Waals surface area (Å²) in [6, 6.07) is 0.196. The van der Waals surface area contributed by atoms with Gasteiger partial charge in [0, 0.05) is 19.0 Å². The van der Waals surface area contributed by atoms with Crippen LogP contribution in [0.2, 0.25) is 5.02 Å². The zero-order chi connectivity index (χ0) is 14.0. The van der Waals surface area contributed by atoms with Crippen molar-refractivity contribution in [3.8, 4) is 0 Å². The summed E-state index contributed by atoms with van der Waals surface area (Å²) in [6.45, 7) is 0. The van der Waals surface area contributed by atoms with E-state index in [1.165, 1.54) is 4.68 Å². The van der Waals surface area contributed by atoms with Crippen LogP contribution in [-0.4, -0.2) is 21.7 Å². The van der Waals surface area contributed by atoms with Gasteiger partial charge in [-0.25, -0.2) is 4.68 Å². The fourth-order valence-corrected chi connectivity index (χ4v) is 2.58.